The summed E-state index contributed by atoms with van der Waals surface area (Å²) >= 11 is 0.698. The lowest BCUT2D eigenvalue weighted by molar-refractivity contribution is -0.137. The highest BCUT2D eigenvalue weighted by Gasteiger charge is 2.52. The van der Waals surface area contributed by atoms with Crippen molar-refractivity contribution in [2.75, 3.05) is 44.5 Å². The van der Waals surface area contributed by atoms with Gasteiger partial charge in [0.1, 0.15) is 42.3 Å². The molecular formula is C48H63F2N13O17P2S. The Morgan fingerprint density at radius 3 is 2.34 bits per heavy atom. The van der Waals surface area contributed by atoms with Crippen LogP contribution in [0.1, 0.15) is 76.8 Å². The van der Waals surface area contributed by atoms with Gasteiger partial charge in [0.15, 0.2) is 30.1 Å². The molecule has 11 atom stereocenters. The van der Waals surface area contributed by atoms with Crippen LogP contribution in [0.5, 0.6) is 0 Å². The third kappa shape index (κ3) is 17.2. The fourth-order valence-corrected chi connectivity index (χ4v) is 12.6. The van der Waals surface area contributed by atoms with Crippen molar-refractivity contribution >= 4 is 84.2 Å². The number of hydrogen-bond donors (Lipinski definition) is 8. The second-order valence-electron chi connectivity index (χ2n) is 19.5. The van der Waals surface area contributed by atoms with Crippen LogP contribution in [0.15, 0.2) is 70.9 Å². The molecule has 7 amide bonds. The van der Waals surface area contributed by atoms with Gasteiger partial charge in [0.25, 0.3) is 17.4 Å². The molecule has 0 radical (unpaired) electrons. The molecule has 4 unspecified atom stereocenters. The Labute approximate surface area is 475 Å². The fourth-order valence-electron chi connectivity index (χ4n) is 8.86. The number of fused-ring (bicyclic) bond motifs is 1. The highest BCUT2D eigenvalue weighted by Crippen LogP contribution is 2.62. The lowest BCUT2D eigenvalue weighted by Gasteiger charge is -2.25. The van der Waals surface area contributed by atoms with Crippen molar-refractivity contribution in [3.63, 3.8) is 0 Å². The molecule has 4 aromatic rings. The Hall–Kier alpha value is -6.80. The number of carbonyl (C=O) groups excluding carboxylic acids is 6. The Morgan fingerprint density at radius 1 is 0.916 bits per heavy atom. The number of H-pyrrole nitrogens is 1. The number of carbonyl (C=O) groups is 6. The first-order valence-corrected chi connectivity index (χ1v) is 30.6. The molecule has 2 saturated heterocycles. The lowest BCUT2D eigenvalue weighted by atomic mass is 10.0. The summed E-state index contributed by atoms with van der Waals surface area (Å²) in [5.41, 5.74) is 10.4. The van der Waals surface area contributed by atoms with Crippen LogP contribution in [-0.2, 0) is 66.4 Å². The molecule has 1 aromatic carbocycles. The summed E-state index contributed by atoms with van der Waals surface area (Å²) in [6.45, 7) is -2.00. The number of nitrogens with one attached hydrogen (secondary N) is 5. The van der Waals surface area contributed by atoms with Gasteiger partial charge in [-0.2, -0.15) is 0 Å². The van der Waals surface area contributed by atoms with Crippen LogP contribution >= 0.6 is 26.0 Å². The molecule has 7 rings (SSSR count). The summed E-state index contributed by atoms with van der Waals surface area (Å²) in [5, 5.41) is 10.6. The minimum atomic E-state index is -5.30. The van der Waals surface area contributed by atoms with Gasteiger partial charge in [0.05, 0.1) is 25.6 Å². The number of imide groups is 1. The maximum atomic E-state index is 16.7. The van der Waals surface area contributed by atoms with E-state index in [1.807, 2.05) is 4.98 Å². The maximum Gasteiger partial charge on any atom is 0.472 e. The number of ether oxygens (including phenoxy) is 2. The molecule has 10 N–H and O–H groups in total. The average molecular weight is 1230 g/mol. The van der Waals surface area contributed by atoms with Crippen LogP contribution in [-0.4, -0.2) is 151 Å². The number of aromatic nitrogens is 6. The number of imidazole rings is 1. The second-order valence-corrected chi connectivity index (χ2v) is 25.1. The van der Waals surface area contributed by atoms with Gasteiger partial charge in [-0.15, -0.1) is 0 Å². The third-order valence-electron chi connectivity index (χ3n) is 13.1. The molecular weight excluding hydrogens is 1160 g/mol. The molecule has 0 aliphatic carbocycles. The fraction of sp³-hybridized carbons (Fsp3) is 0.521. The van der Waals surface area contributed by atoms with E-state index in [0.29, 0.717) is 36.2 Å². The Kier molecular flexibility index (Phi) is 22.0. The second kappa shape index (κ2) is 28.7. The van der Waals surface area contributed by atoms with Crippen LogP contribution < -0.4 is 44.0 Å². The van der Waals surface area contributed by atoms with E-state index in [1.54, 1.807) is 26.0 Å². The highest BCUT2D eigenvalue weighted by molar-refractivity contribution is 8.54. The maximum absolute atomic E-state index is 16.7. The molecule has 2 fully saturated rings. The highest BCUT2D eigenvalue weighted by atomic mass is 32.7. The van der Waals surface area contributed by atoms with Crippen molar-refractivity contribution in [3.05, 3.63) is 87.7 Å². The van der Waals surface area contributed by atoms with Crippen LogP contribution in [0.25, 0.3) is 11.2 Å². The zero-order valence-electron chi connectivity index (χ0n) is 44.9. The normalized spacial score (nSPS) is 22.8. The Bertz CT molecular complexity index is 3230. The van der Waals surface area contributed by atoms with Gasteiger partial charge in [0, 0.05) is 68.9 Å². The smallest absolute Gasteiger partial charge is 0.382 e. The number of urea groups is 1. The number of rotatable bonds is 30. The number of amides is 7. The summed E-state index contributed by atoms with van der Waals surface area (Å²) in [4.78, 5) is 125. The first kappa shape index (κ1) is 63.8. The topological polar surface area (TPSA) is 414 Å². The van der Waals surface area contributed by atoms with Crippen LogP contribution in [0.2, 0.25) is 0 Å². The van der Waals surface area contributed by atoms with Crippen molar-refractivity contribution in [3.8, 4) is 0 Å². The number of benzene rings is 1. The molecule has 3 aliphatic heterocycles. The van der Waals surface area contributed by atoms with E-state index in [4.69, 9.17) is 39.0 Å². The largest absolute Gasteiger partial charge is 0.472 e. The number of halogens is 2. The van der Waals surface area contributed by atoms with E-state index in [0.717, 1.165) is 46.1 Å². The summed E-state index contributed by atoms with van der Waals surface area (Å²) < 4.78 is 94.2. The van der Waals surface area contributed by atoms with Gasteiger partial charge in [-0.05, 0) is 60.7 Å². The minimum absolute atomic E-state index is 0.0145. The van der Waals surface area contributed by atoms with E-state index in [-0.39, 0.29) is 60.8 Å². The van der Waals surface area contributed by atoms with E-state index in [2.05, 4.69) is 36.2 Å². The van der Waals surface area contributed by atoms with E-state index in [9.17, 15) is 52.4 Å². The monoisotopic (exact) mass is 1230 g/mol. The number of anilines is 2. The molecule has 83 heavy (non-hydrogen) atoms. The van der Waals surface area contributed by atoms with Crippen molar-refractivity contribution < 1.29 is 79.1 Å². The molecule has 3 aliphatic rings. The van der Waals surface area contributed by atoms with Crippen molar-refractivity contribution in [2.24, 2.45) is 11.7 Å². The summed E-state index contributed by atoms with van der Waals surface area (Å²) in [5.74, 6) is -2.97. The molecule has 0 bridgehead atoms. The number of nitrogen functional groups attached to an aromatic ring is 1. The number of aromatic amines is 1. The molecule has 3 aromatic heterocycles. The predicted octanol–water partition coefficient (Wildman–Crippen LogP) is 2.52. The predicted molar refractivity (Wildman–Crippen MR) is 291 cm³/mol. The Morgan fingerprint density at radius 2 is 1.65 bits per heavy atom. The molecule has 35 heteroatoms. The average Bonchev–Trinajstić information content (AvgIpc) is 4.42. The molecule has 6 heterocycles. The van der Waals surface area contributed by atoms with Gasteiger partial charge < -0.3 is 51.6 Å². The number of alkyl halides is 2. The first-order valence-electron chi connectivity index (χ1n) is 25.9. The zero-order chi connectivity index (χ0) is 60.2. The number of unbranched alkanes of at least 4 members (excludes halogenated alkanes) is 2. The van der Waals surface area contributed by atoms with Crippen molar-refractivity contribution in [2.45, 2.75) is 120 Å². The van der Waals surface area contributed by atoms with Gasteiger partial charge >= 0.3 is 26.3 Å². The first-order chi connectivity index (χ1) is 39.4. The van der Waals surface area contributed by atoms with Crippen LogP contribution in [0.3, 0.4) is 0 Å². The van der Waals surface area contributed by atoms with Gasteiger partial charge in [-0.1, -0.05) is 32.4 Å². The standard InChI is InChI=1S/C48H63F2N13O17P2S/c1-26(2)38(59-33(64)9-5-4-6-18-61-35(66)14-15-36(61)67)44(69)58-31(8-7-17-53-47(52)70)43(68)57-28-12-10-27(11-13-28)23-83-82(74,75-3)77-22-32-40(37(50)46(79-32)63-25-56-39-41(51)54-24-55-42(39)63)80-81(72,73)76-21-29-20-30(49)45(78-29)62-19-16-34(65)60-48(62)71/h10-16,19,24-26,29-32,37-38,40,45-46H,4-9,17-18,20-23H2,1-3H3,(H,57,68)(H,58,69)(H,59,64)(H,72,73)(H2,51,54,55)(H3,52,53,70)(H,60,65,71)/t29-,30+,31?,32+,37+,38?,40+,45+,46+,82?/m0/s1. The number of phosphoric ester groups is 1. The third-order valence-corrected chi connectivity index (χ3v) is 17.9. The minimum Gasteiger partial charge on any atom is -0.382 e. The quantitative estimate of drug-likeness (QED) is 0.0211. The zero-order valence-corrected chi connectivity index (χ0v) is 47.5. The van der Waals surface area contributed by atoms with Crippen LogP contribution in [0, 0.1) is 5.92 Å². The summed E-state index contributed by atoms with van der Waals surface area (Å²) in [6.07, 6.45) is -5.15. The van der Waals surface area contributed by atoms with E-state index < -0.39 is 142 Å². The molecule has 452 valence electrons. The molecule has 0 spiro atoms. The number of hydrogen-bond acceptors (Lipinski definition) is 21. The number of phosphoric acid groups is 1. The van der Waals surface area contributed by atoms with Crippen LogP contribution in [0.4, 0.5) is 25.1 Å². The van der Waals surface area contributed by atoms with Gasteiger partial charge in [-0.3, -0.25) is 61.4 Å². The molecule has 0 saturated carbocycles. The number of nitrogens with two attached hydrogens (primary N) is 2. The SMILES string of the molecule is COP(=O)(OC[C@H]1O[C@@H](n2cnc3c(N)ncnc32)[C@H](F)[C@@H]1OP(=O)(O)OC[C@@H]1C[C@@H](F)[C@H](n2ccc(=O)[nH]c2=O)O1)SCc1ccc(NC(=O)C(CCCNC(N)=O)NC(=O)C(NC(=O)CCCCCN2C(=O)C=CC2=O)C(C)C)cc1. The van der Waals surface area contributed by atoms with Crippen molar-refractivity contribution in [1.29, 1.82) is 0 Å². The van der Waals surface area contributed by atoms with Crippen molar-refractivity contribution in [1.82, 2.24) is 49.9 Å². The summed E-state index contributed by atoms with van der Waals surface area (Å²) in [6, 6.07) is 4.22. The summed E-state index contributed by atoms with van der Waals surface area (Å²) in [7, 11) is -4.21. The number of nitrogens with zero attached hydrogens (tertiary/aromatic N) is 6. The lowest BCUT2D eigenvalue weighted by Crippen LogP contribution is -2.54. The molecule has 30 nitrogen and oxygen atoms in total. The Balaban J connectivity index is 0.948. The van der Waals surface area contributed by atoms with E-state index >= 15 is 8.78 Å². The van der Waals surface area contributed by atoms with Gasteiger partial charge in [0.2, 0.25) is 17.7 Å². The van der Waals surface area contributed by atoms with Gasteiger partial charge in [-0.25, -0.2) is 42.5 Å². The number of primary amides is 1. The van der Waals surface area contributed by atoms with E-state index in [1.165, 1.54) is 24.3 Å².